The zero-order chi connectivity index (χ0) is 13.7. The van der Waals surface area contributed by atoms with E-state index in [4.69, 9.17) is 9.52 Å². The quantitative estimate of drug-likeness (QED) is 0.815. The van der Waals surface area contributed by atoms with Crippen LogP contribution in [0.2, 0.25) is 0 Å². The van der Waals surface area contributed by atoms with Gasteiger partial charge in [-0.3, -0.25) is 4.79 Å². The molecule has 0 aliphatic rings. The van der Waals surface area contributed by atoms with Crippen molar-refractivity contribution in [1.29, 1.82) is 0 Å². The van der Waals surface area contributed by atoms with E-state index in [1.807, 2.05) is 6.92 Å². The van der Waals surface area contributed by atoms with Crippen LogP contribution in [-0.4, -0.2) is 23.0 Å². The van der Waals surface area contributed by atoms with E-state index >= 15 is 0 Å². The predicted octanol–water partition coefficient (Wildman–Crippen LogP) is 2.27. The molecule has 0 fully saturated rings. The van der Waals surface area contributed by atoms with Gasteiger partial charge < -0.3 is 14.8 Å². The van der Waals surface area contributed by atoms with Gasteiger partial charge in [-0.15, -0.1) is 0 Å². The lowest BCUT2D eigenvalue weighted by atomic mass is 10.1. The van der Waals surface area contributed by atoms with Gasteiger partial charge in [0.2, 0.25) is 0 Å². The molecule has 0 saturated heterocycles. The van der Waals surface area contributed by atoms with Gasteiger partial charge >= 0.3 is 5.97 Å². The van der Waals surface area contributed by atoms with Gasteiger partial charge in [-0.2, -0.15) is 0 Å². The number of carbonyl (C=O) groups excluding carboxylic acids is 1. The summed E-state index contributed by atoms with van der Waals surface area (Å²) in [6, 6.07) is 0.774. The minimum atomic E-state index is -1.00. The van der Waals surface area contributed by atoms with Crippen LogP contribution in [0.15, 0.2) is 10.5 Å². The topological polar surface area (TPSA) is 79.5 Å². The van der Waals surface area contributed by atoms with E-state index in [2.05, 4.69) is 5.32 Å². The Bertz CT molecular complexity index is 436. The second kappa shape index (κ2) is 6.23. The van der Waals surface area contributed by atoms with Gasteiger partial charge in [0.25, 0.3) is 5.91 Å². The standard InChI is InChI=1S/C13H19NO4/c1-4-5-6-11(13(16)17)14-12(15)10-7-8(2)18-9(10)3/h7,11H,4-6H2,1-3H3,(H,14,15)(H,16,17). The lowest BCUT2D eigenvalue weighted by Crippen LogP contribution is -2.40. The summed E-state index contributed by atoms with van der Waals surface area (Å²) >= 11 is 0. The molecule has 1 unspecified atom stereocenters. The van der Waals surface area contributed by atoms with Crippen molar-refractivity contribution >= 4 is 11.9 Å². The Balaban J connectivity index is 2.72. The molecule has 5 nitrogen and oxygen atoms in total. The minimum absolute atomic E-state index is 0.396. The first-order valence-electron chi connectivity index (χ1n) is 6.06. The monoisotopic (exact) mass is 253 g/mol. The highest BCUT2D eigenvalue weighted by Crippen LogP contribution is 2.14. The van der Waals surface area contributed by atoms with Gasteiger partial charge in [0.1, 0.15) is 17.6 Å². The molecule has 18 heavy (non-hydrogen) atoms. The molecule has 1 aromatic heterocycles. The fourth-order valence-electron chi connectivity index (χ4n) is 1.76. The van der Waals surface area contributed by atoms with Crippen molar-refractivity contribution in [2.45, 2.75) is 46.1 Å². The highest BCUT2D eigenvalue weighted by Gasteiger charge is 2.22. The fraction of sp³-hybridized carbons (Fsp3) is 0.538. The molecule has 100 valence electrons. The van der Waals surface area contributed by atoms with Crippen LogP contribution in [0, 0.1) is 13.8 Å². The largest absolute Gasteiger partial charge is 0.480 e. The number of amides is 1. The van der Waals surface area contributed by atoms with Crippen molar-refractivity contribution in [1.82, 2.24) is 5.32 Å². The van der Waals surface area contributed by atoms with Crippen LogP contribution >= 0.6 is 0 Å². The molecular weight excluding hydrogens is 234 g/mol. The van der Waals surface area contributed by atoms with Crippen molar-refractivity contribution in [3.8, 4) is 0 Å². The Morgan fingerprint density at radius 1 is 1.44 bits per heavy atom. The Kier molecular flexibility index (Phi) is 4.95. The van der Waals surface area contributed by atoms with Crippen LogP contribution in [0.4, 0.5) is 0 Å². The highest BCUT2D eigenvalue weighted by molar-refractivity contribution is 5.97. The van der Waals surface area contributed by atoms with Crippen LogP contribution in [0.25, 0.3) is 0 Å². The zero-order valence-electron chi connectivity index (χ0n) is 10.9. The summed E-state index contributed by atoms with van der Waals surface area (Å²) in [4.78, 5) is 22.9. The number of carbonyl (C=O) groups is 2. The van der Waals surface area contributed by atoms with E-state index in [1.165, 1.54) is 0 Å². The number of aryl methyl sites for hydroxylation is 2. The Labute approximate surface area is 106 Å². The number of unbranched alkanes of at least 4 members (excludes halogenated alkanes) is 1. The second-order valence-corrected chi connectivity index (χ2v) is 4.33. The maximum absolute atomic E-state index is 11.9. The summed E-state index contributed by atoms with van der Waals surface area (Å²) < 4.78 is 5.25. The molecule has 0 bridgehead atoms. The van der Waals surface area contributed by atoms with Crippen molar-refractivity contribution in [2.24, 2.45) is 0 Å². The van der Waals surface area contributed by atoms with Gasteiger partial charge in [0.05, 0.1) is 5.56 Å². The van der Waals surface area contributed by atoms with E-state index in [0.717, 1.165) is 12.8 Å². The van der Waals surface area contributed by atoms with Crippen molar-refractivity contribution < 1.29 is 19.1 Å². The first-order valence-corrected chi connectivity index (χ1v) is 6.06. The molecule has 1 aromatic rings. The molecule has 0 aliphatic heterocycles. The molecule has 0 radical (unpaired) electrons. The molecule has 1 amide bonds. The summed E-state index contributed by atoms with van der Waals surface area (Å²) in [7, 11) is 0. The highest BCUT2D eigenvalue weighted by atomic mass is 16.4. The van der Waals surface area contributed by atoms with Gasteiger partial charge in [0.15, 0.2) is 0 Å². The number of nitrogens with one attached hydrogen (secondary N) is 1. The summed E-state index contributed by atoms with van der Waals surface area (Å²) in [5.74, 6) is -0.259. The third kappa shape index (κ3) is 3.61. The Morgan fingerprint density at radius 3 is 2.56 bits per heavy atom. The van der Waals surface area contributed by atoms with Crippen LogP contribution < -0.4 is 5.32 Å². The van der Waals surface area contributed by atoms with E-state index in [9.17, 15) is 9.59 Å². The summed E-state index contributed by atoms with van der Waals surface area (Å²) in [6.07, 6.45) is 2.09. The van der Waals surface area contributed by atoms with E-state index in [-0.39, 0.29) is 0 Å². The number of aliphatic carboxylic acids is 1. The Hall–Kier alpha value is -1.78. The average Bonchev–Trinajstić information content (AvgIpc) is 2.63. The number of carboxylic acid groups (broad SMARTS) is 1. The molecular formula is C13H19NO4. The van der Waals surface area contributed by atoms with Crippen molar-refractivity contribution in [2.75, 3.05) is 0 Å². The molecule has 1 atom stereocenters. The van der Waals surface area contributed by atoms with Crippen LogP contribution in [0.1, 0.15) is 48.1 Å². The first-order chi connectivity index (χ1) is 8.45. The smallest absolute Gasteiger partial charge is 0.326 e. The third-order valence-corrected chi connectivity index (χ3v) is 2.74. The SMILES string of the molecule is CCCCC(NC(=O)c1cc(C)oc1C)C(=O)O. The molecule has 1 heterocycles. The molecule has 5 heteroatoms. The van der Waals surface area contributed by atoms with Gasteiger partial charge in [-0.1, -0.05) is 19.8 Å². The van der Waals surface area contributed by atoms with Crippen LogP contribution in [0.3, 0.4) is 0 Å². The molecule has 2 N–H and O–H groups in total. The summed E-state index contributed by atoms with van der Waals surface area (Å²) in [5.41, 5.74) is 0.398. The molecule has 0 saturated carbocycles. The normalized spacial score (nSPS) is 12.2. The number of carboxylic acids is 1. The van der Waals surface area contributed by atoms with E-state index in [1.54, 1.807) is 19.9 Å². The summed E-state index contributed by atoms with van der Waals surface area (Å²) in [6.45, 7) is 5.41. The minimum Gasteiger partial charge on any atom is -0.480 e. The zero-order valence-corrected chi connectivity index (χ0v) is 10.9. The number of furan rings is 1. The third-order valence-electron chi connectivity index (χ3n) is 2.74. The maximum Gasteiger partial charge on any atom is 0.326 e. The average molecular weight is 253 g/mol. The lowest BCUT2D eigenvalue weighted by Gasteiger charge is -2.13. The fourth-order valence-corrected chi connectivity index (χ4v) is 1.76. The lowest BCUT2D eigenvalue weighted by molar-refractivity contribution is -0.139. The molecule has 0 spiro atoms. The molecule has 1 rings (SSSR count). The maximum atomic E-state index is 11.9. The second-order valence-electron chi connectivity index (χ2n) is 4.33. The first kappa shape index (κ1) is 14.3. The predicted molar refractivity (Wildman–Crippen MR) is 66.6 cm³/mol. The van der Waals surface area contributed by atoms with Gasteiger partial charge in [-0.05, 0) is 26.3 Å². The van der Waals surface area contributed by atoms with E-state index in [0.29, 0.717) is 23.5 Å². The number of hydrogen-bond donors (Lipinski definition) is 2. The summed E-state index contributed by atoms with van der Waals surface area (Å²) in [5, 5.41) is 11.6. The number of hydrogen-bond acceptors (Lipinski definition) is 3. The molecule has 0 aromatic carbocycles. The van der Waals surface area contributed by atoms with Crippen LogP contribution in [0.5, 0.6) is 0 Å². The molecule has 0 aliphatic carbocycles. The number of rotatable bonds is 6. The Morgan fingerprint density at radius 2 is 2.11 bits per heavy atom. The van der Waals surface area contributed by atoms with Crippen LogP contribution in [-0.2, 0) is 4.79 Å². The van der Waals surface area contributed by atoms with Gasteiger partial charge in [-0.25, -0.2) is 4.79 Å². The van der Waals surface area contributed by atoms with E-state index < -0.39 is 17.9 Å². The van der Waals surface area contributed by atoms with Crippen molar-refractivity contribution in [3.05, 3.63) is 23.2 Å². The van der Waals surface area contributed by atoms with Crippen molar-refractivity contribution in [3.63, 3.8) is 0 Å². The van der Waals surface area contributed by atoms with Gasteiger partial charge in [0, 0.05) is 0 Å².